The van der Waals surface area contributed by atoms with E-state index in [0.717, 1.165) is 18.4 Å². The van der Waals surface area contributed by atoms with Crippen molar-refractivity contribution >= 4 is 16.2 Å². The monoisotopic (exact) mass is 239 g/mol. The van der Waals surface area contributed by atoms with E-state index in [0.29, 0.717) is 6.42 Å². The van der Waals surface area contributed by atoms with Gasteiger partial charge >= 0.3 is 0 Å². The van der Waals surface area contributed by atoms with E-state index in [2.05, 4.69) is 11.3 Å². The van der Waals surface area contributed by atoms with Crippen molar-refractivity contribution in [1.29, 1.82) is 0 Å². The largest absolute Gasteiger partial charge is 0.281 e. The summed E-state index contributed by atoms with van der Waals surface area (Å²) in [5.41, 5.74) is 1.04. The van der Waals surface area contributed by atoms with Gasteiger partial charge in [0, 0.05) is 6.21 Å². The van der Waals surface area contributed by atoms with Crippen LogP contribution in [0.15, 0.2) is 33.6 Å². The quantitative estimate of drug-likeness (QED) is 0.586. The molecule has 0 aliphatic carbocycles. The zero-order valence-corrected chi connectivity index (χ0v) is 10.5. The average molecular weight is 239 g/mol. The first kappa shape index (κ1) is 12.9. The van der Waals surface area contributed by atoms with Crippen molar-refractivity contribution in [2.24, 2.45) is 4.40 Å². The van der Waals surface area contributed by atoms with Crippen molar-refractivity contribution in [2.45, 2.75) is 38.0 Å². The third-order valence-electron chi connectivity index (χ3n) is 2.22. The van der Waals surface area contributed by atoms with Crippen LogP contribution in [0.1, 0.15) is 31.7 Å². The van der Waals surface area contributed by atoms with Gasteiger partial charge in [-0.1, -0.05) is 31.0 Å². The molecule has 3 nitrogen and oxygen atoms in total. The highest BCUT2D eigenvalue weighted by molar-refractivity contribution is 7.90. The van der Waals surface area contributed by atoms with Gasteiger partial charge in [-0.3, -0.25) is 0 Å². The van der Waals surface area contributed by atoms with Gasteiger partial charge in [-0.25, -0.2) is 0 Å². The van der Waals surface area contributed by atoms with E-state index in [-0.39, 0.29) is 4.90 Å². The van der Waals surface area contributed by atoms with Gasteiger partial charge in [0.15, 0.2) is 0 Å². The van der Waals surface area contributed by atoms with Crippen molar-refractivity contribution in [2.75, 3.05) is 0 Å². The molecule has 0 unspecified atom stereocenters. The third kappa shape index (κ3) is 3.77. The van der Waals surface area contributed by atoms with E-state index in [1.807, 2.05) is 6.92 Å². The molecule has 16 heavy (non-hydrogen) atoms. The molecule has 0 heterocycles. The molecule has 1 aromatic carbocycles. The molecule has 0 spiro atoms. The summed E-state index contributed by atoms with van der Waals surface area (Å²) in [7, 11) is -3.49. The summed E-state index contributed by atoms with van der Waals surface area (Å²) in [5.74, 6) is 0. The minimum absolute atomic E-state index is 0.255. The van der Waals surface area contributed by atoms with Crippen LogP contribution in [0.4, 0.5) is 0 Å². The van der Waals surface area contributed by atoms with Gasteiger partial charge in [-0.2, -0.15) is 12.8 Å². The van der Waals surface area contributed by atoms with Crippen molar-refractivity contribution in [3.63, 3.8) is 0 Å². The summed E-state index contributed by atoms with van der Waals surface area (Å²) in [6.45, 7) is 3.98. The molecule has 0 saturated heterocycles. The summed E-state index contributed by atoms with van der Waals surface area (Å²) < 4.78 is 27.1. The van der Waals surface area contributed by atoms with Crippen LogP contribution in [-0.2, 0) is 10.0 Å². The van der Waals surface area contributed by atoms with Gasteiger partial charge < -0.3 is 0 Å². The van der Waals surface area contributed by atoms with Crippen LogP contribution in [0.5, 0.6) is 0 Å². The zero-order valence-electron chi connectivity index (χ0n) is 9.68. The van der Waals surface area contributed by atoms with E-state index in [1.54, 1.807) is 24.3 Å². The molecule has 0 aliphatic heterocycles. The lowest BCUT2D eigenvalue weighted by atomic mass is 10.2. The smallest absolute Gasteiger partial charge is 0.199 e. The molecule has 0 bridgehead atoms. The molecular weight excluding hydrogens is 222 g/mol. The predicted octanol–water partition coefficient (Wildman–Crippen LogP) is 2.94. The molecule has 1 aromatic rings. The summed E-state index contributed by atoms with van der Waals surface area (Å²) in [6.07, 6.45) is 4.20. The molecule has 0 aromatic heterocycles. The maximum Gasteiger partial charge on any atom is 0.281 e. The molecule has 0 amide bonds. The fraction of sp³-hybridized carbons (Fsp3) is 0.417. The van der Waals surface area contributed by atoms with Crippen molar-refractivity contribution in [3.8, 4) is 0 Å². The van der Waals surface area contributed by atoms with Gasteiger partial charge in [0.25, 0.3) is 10.0 Å². The number of unbranched alkanes of at least 4 members (excludes halogenated alkanes) is 2. The number of aryl methyl sites for hydroxylation is 1. The molecule has 0 radical (unpaired) electrons. The van der Waals surface area contributed by atoms with Crippen LogP contribution in [0, 0.1) is 6.92 Å². The maximum absolute atomic E-state index is 11.7. The fourth-order valence-corrected chi connectivity index (χ4v) is 2.12. The Morgan fingerprint density at radius 2 is 1.88 bits per heavy atom. The van der Waals surface area contributed by atoms with E-state index in [1.165, 1.54) is 6.21 Å². The van der Waals surface area contributed by atoms with E-state index in [4.69, 9.17) is 0 Å². The molecule has 0 N–H and O–H groups in total. The van der Waals surface area contributed by atoms with Gasteiger partial charge in [0.05, 0.1) is 4.90 Å². The Labute approximate surface area is 97.3 Å². The Balaban J connectivity index is 2.78. The van der Waals surface area contributed by atoms with Crippen molar-refractivity contribution in [1.82, 2.24) is 0 Å². The normalized spacial score (nSPS) is 12.1. The van der Waals surface area contributed by atoms with E-state index >= 15 is 0 Å². The second kappa shape index (κ2) is 5.80. The summed E-state index contributed by atoms with van der Waals surface area (Å²) in [4.78, 5) is 0.255. The molecule has 0 aliphatic rings. The molecule has 88 valence electrons. The highest BCUT2D eigenvalue weighted by atomic mass is 32.2. The van der Waals surface area contributed by atoms with Crippen LogP contribution in [-0.4, -0.2) is 14.6 Å². The maximum atomic E-state index is 11.7. The van der Waals surface area contributed by atoms with Gasteiger partial charge in [0.2, 0.25) is 0 Å². The molecular formula is C12H17NO2S. The Kier molecular flexibility index (Phi) is 4.68. The Morgan fingerprint density at radius 1 is 1.25 bits per heavy atom. The topological polar surface area (TPSA) is 46.5 Å². The highest BCUT2D eigenvalue weighted by Crippen LogP contribution is 2.12. The number of sulfonamides is 1. The first-order valence-corrected chi connectivity index (χ1v) is 6.86. The second-order valence-corrected chi connectivity index (χ2v) is 5.35. The van der Waals surface area contributed by atoms with Crippen molar-refractivity contribution in [3.05, 3.63) is 29.8 Å². The second-order valence-electron chi connectivity index (χ2n) is 3.72. The predicted molar refractivity (Wildman–Crippen MR) is 66.4 cm³/mol. The molecule has 0 fully saturated rings. The van der Waals surface area contributed by atoms with E-state index in [9.17, 15) is 8.42 Å². The summed E-state index contributed by atoms with van der Waals surface area (Å²) >= 11 is 0. The number of hydrogen-bond donors (Lipinski definition) is 0. The number of nitrogens with zero attached hydrogens (tertiary/aromatic N) is 1. The SMILES string of the molecule is CCCCC=NS(=O)(=O)c1ccc(C)cc1. The lowest BCUT2D eigenvalue weighted by molar-refractivity contribution is 0.598. The molecule has 0 atom stereocenters. The van der Waals surface area contributed by atoms with Gasteiger partial charge in [-0.15, -0.1) is 0 Å². The lowest BCUT2D eigenvalue weighted by Crippen LogP contribution is -1.97. The average Bonchev–Trinajstić information content (AvgIpc) is 2.25. The number of rotatable bonds is 5. The fourth-order valence-electron chi connectivity index (χ4n) is 1.22. The number of hydrogen-bond acceptors (Lipinski definition) is 2. The molecule has 0 saturated carbocycles. The van der Waals surface area contributed by atoms with Crippen LogP contribution in [0.25, 0.3) is 0 Å². The minimum Gasteiger partial charge on any atom is -0.199 e. The van der Waals surface area contributed by atoms with Crippen LogP contribution >= 0.6 is 0 Å². The Hall–Kier alpha value is -1.16. The Bertz CT molecular complexity index is 446. The lowest BCUT2D eigenvalue weighted by Gasteiger charge is -1.98. The standard InChI is InChI=1S/C12H17NO2S/c1-3-4-5-10-13-16(14,15)12-8-6-11(2)7-9-12/h6-10H,3-5H2,1-2H3. The first-order valence-electron chi connectivity index (χ1n) is 5.41. The van der Waals surface area contributed by atoms with Gasteiger partial charge in [0.1, 0.15) is 0 Å². The Morgan fingerprint density at radius 3 is 2.44 bits per heavy atom. The molecule has 1 rings (SSSR count). The highest BCUT2D eigenvalue weighted by Gasteiger charge is 2.10. The van der Waals surface area contributed by atoms with Crippen LogP contribution in [0.2, 0.25) is 0 Å². The van der Waals surface area contributed by atoms with Crippen LogP contribution in [0.3, 0.4) is 0 Å². The van der Waals surface area contributed by atoms with Crippen molar-refractivity contribution < 1.29 is 8.42 Å². The van der Waals surface area contributed by atoms with Crippen LogP contribution < -0.4 is 0 Å². The van der Waals surface area contributed by atoms with Gasteiger partial charge in [-0.05, 0) is 31.9 Å². The summed E-state index contributed by atoms with van der Waals surface area (Å²) in [5, 5.41) is 0. The number of benzene rings is 1. The zero-order chi connectivity index (χ0) is 12.0. The van der Waals surface area contributed by atoms with E-state index < -0.39 is 10.0 Å². The third-order valence-corrected chi connectivity index (χ3v) is 3.51. The minimum atomic E-state index is -3.49. The first-order chi connectivity index (χ1) is 7.56. The molecule has 4 heteroatoms. The summed E-state index contributed by atoms with van der Waals surface area (Å²) in [6, 6.07) is 6.71.